The lowest BCUT2D eigenvalue weighted by Crippen LogP contribution is -2.41. The Balaban J connectivity index is 1.32. The lowest BCUT2D eigenvalue weighted by molar-refractivity contribution is -0.117. The molecule has 2 aromatic rings. The number of rotatable bonds is 5. The van der Waals surface area contributed by atoms with E-state index in [0.717, 1.165) is 49.4 Å². The molecule has 0 saturated carbocycles. The van der Waals surface area contributed by atoms with E-state index in [0.29, 0.717) is 38.2 Å². The quantitative estimate of drug-likeness (QED) is 0.737. The molecule has 180 valence electrons. The second kappa shape index (κ2) is 10.2. The van der Waals surface area contributed by atoms with Crippen LogP contribution in [0.25, 0.3) is 0 Å². The zero-order chi connectivity index (χ0) is 23.5. The summed E-state index contributed by atoms with van der Waals surface area (Å²) in [6.45, 7) is 4.13. The second-order valence-corrected chi connectivity index (χ2v) is 9.52. The summed E-state index contributed by atoms with van der Waals surface area (Å²) in [5, 5.41) is 9.75. The number of hydrogen-bond donors (Lipinski definition) is 1. The molecule has 34 heavy (non-hydrogen) atoms. The first-order valence-corrected chi connectivity index (χ1v) is 12.4. The number of anilines is 1. The summed E-state index contributed by atoms with van der Waals surface area (Å²) in [7, 11) is 0. The molecule has 7 heteroatoms. The maximum Gasteiger partial charge on any atom is 0.254 e. The fourth-order valence-electron chi connectivity index (χ4n) is 5.34. The number of likely N-dealkylation sites (tertiary alicyclic amines) is 1. The molecule has 2 fully saturated rings. The minimum atomic E-state index is -0.0493. The summed E-state index contributed by atoms with van der Waals surface area (Å²) in [5.74, 6) is 0.894. The van der Waals surface area contributed by atoms with Gasteiger partial charge in [-0.05, 0) is 61.7 Å². The van der Waals surface area contributed by atoms with Crippen molar-refractivity contribution in [3.8, 4) is 5.75 Å². The monoisotopic (exact) mass is 463 g/mol. The molecular weight excluding hydrogens is 430 g/mol. The molecular formula is C27H33N3O4. The Morgan fingerprint density at radius 1 is 1.06 bits per heavy atom. The highest BCUT2D eigenvalue weighted by atomic mass is 16.5. The summed E-state index contributed by atoms with van der Waals surface area (Å²) in [6.07, 6.45) is 4.79. The number of hydrogen-bond acceptors (Lipinski definition) is 5. The maximum atomic E-state index is 13.4. The standard InChI is InChI=1S/C27H33N3O4/c31-19-24-6-1-2-11-28(24)17-20-9-10-25-22(15-20)18-29(13-14-34-25)27(33)21-5-3-7-23(16-21)30-12-4-8-26(30)32/h3,5,7,9-10,15-16,24,31H,1-2,4,6,8,11-14,17-19H2/t24-/m1/s1. The number of aliphatic hydroxyl groups is 1. The minimum absolute atomic E-state index is 0.0493. The molecule has 0 aromatic heterocycles. The summed E-state index contributed by atoms with van der Waals surface area (Å²) >= 11 is 0. The number of piperidine rings is 1. The molecule has 7 nitrogen and oxygen atoms in total. The van der Waals surface area contributed by atoms with Gasteiger partial charge in [-0.3, -0.25) is 14.5 Å². The smallest absolute Gasteiger partial charge is 0.254 e. The third-order valence-electron chi connectivity index (χ3n) is 7.22. The highest BCUT2D eigenvalue weighted by Crippen LogP contribution is 2.28. The maximum absolute atomic E-state index is 13.4. The molecule has 1 atom stereocenters. The molecule has 0 spiro atoms. The van der Waals surface area contributed by atoms with E-state index in [1.807, 2.05) is 35.2 Å². The molecule has 3 aliphatic rings. The third-order valence-corrected chi connectivity index (χ3v) is 7.22. The van der Waals surface area contributed by atoms with Gasteiger partial charge in [0, 0.05) is 48.9 Å². The van der Waals surface area contributed by atoms with Crippen LogP contribution in [-0.2, 0) is 17.9 Å². The van der Waals surface area contributed by atoms with Crippen LogP contribution in [0.1, 0.15) is 53.6 Å². The molecule has 0 unspecified atom stereocenters. The molecule has 0 radical (unpaired) electrons. The molecule has 0 bridgehead atoms. The van der Waals surface area contributed by atoms with Gasteiger partial charge in [0.2, 0.25) is 5.91 Å². The fourth-order valence-corrected chi connectivity index (χ4v) is 5.34. The van der Waals surface area contributed by atoms with Crippen molar-refractivity contribution in [1.29, 1.82) is 0 Å². The minimum Gasteiger partial charge on any atom is -0.491 e. The number of fused-ring (bicyclic) bond motifs is 1. The van der Waals surface area contributed by atoms with Crippen molar-refractivity contribution >= 4 is 17.5 Å². The number of nitrogens with zero attached hydrogens (tertiary/aromatic N) is 3. The molecule has 5 rings (SSSR count). The van der Waals surface area contributed by atoms with Gasteiger partial charge in [-0.15, -0.1) is 0 Å². The van der Waals surface area contributed by atoms with Gasteiger partial charge in [0.1, 0.15) is 12.4 Å². The van der Waals surface area contributed by atoms with Crippen LogP contribution in [0.3, 0.4) is 0 Å². The predicted molar refractivity (Wildman–Crippen MR) is 130 cm³/mol. The van der Waals surface area contributed by atoms with E-state index >= 15 is 0 Å². The van der Waals surface area contributed by atoms with Crippen molar-refractivity contribution in [3.63, 3.8) is 0 Å². The van der Waals surface area contributed by atoms with Crippen LogP contribution in [0.5, 0.6) is 5.75 Å². The highest BCUT2D eigenvalue weighted by Gasteiger charge is 2.26. The average molecular weight is 464 g/mol. The summed E-state index contributed by atoms with van der Waals surface area (Å²) < 4.78 is 5.97. The lowest BCUT2D eigenvalue weighted by atomic mass is 10.0. The molecule has 2 saturated heterocycles. The zero-order valence-electron chi connectivity index (χ0n) is 19.6. The van der Waals surface area contributed by atoms with Crippen LogP contribution in [0.2, 0.25) is 0 Å². The van der Waals surface area contributed by atoms with Gasteiger partial charge in [-0.2, -0.15) is 0 Å². The van der Waals surface area contributed by atoms with Crippen LogP contribution in [-0.4, -0.2) is 65.6 Å². The van der Waals surface area contributed by atoms with Crippen molar-refractivity contribution in [3.05, 3.63) is 59.2 Å². The molecule has 2 aromatic carbocycles. The summed E-state index contributed by atoms with van der Waals surface area (Å²) in [6, 6.07) is 13.9. The molecule has 0 aliphatic carbocycles. The van der Waals surface area contributed by atoms with Gasteiger partial charge in [0.25, 0.3) is 5.91 Å². The van der Waals surface area contributed by atoms with Crippen molar-refractivity contribution in [2.24, 2.45) is 0 Å². The van der Waals surface area contributed by atoms with Gasteiger partial charge in [-0.1, -0.05) is 18.6 Å². The van der Waals surface area contributed by atoms with Crippen molar-refractivity contribution < 1.29 is 19.4 Å². The Bertz CT molecular complexity index is 1060. The Labute approximate surface area is 200 Å². The van der Waals surface area contributed by atoms with Crippen molar-refractivity contribution in [2.75, 3.05) is 37.7 Å². The lowest BCUT2D eigenvalue weighted by Gasteiger charge is -2.34. The van der Waals surface area contributed by atoms with Crippen LogP contribution in [0.4, 0.5) is 5.69 Å². The van der Waals surface area contributed by atoms with Crippen LogP contribution in [0, 0.1) is 0 Å². The van der Waals surface area contributed by atoms with Gasteiger partial charge in [-0.25, -0.2) is 0 Å². The highest BCUT2D eigenvalue weighted by molar-refractivity contribution is 5.99. The number of ether oxygens (including phenoxy) is 1. The Kier molecular flexibility index (Phi) is 6.83. The normalized spacial score (nSPS) is 21.2. The van der Waals surface area contributed by atoms with Gasteiger partial charge < -0.3 is 19.6 Å². The number of amides is 2. The molecule has 3 aliphatic heterocycles. The molecule has 2 amide bonds. The first kappa shape index (κ1) is 22.9. The SMILES string of the molecule is O=C(c1cccc(N2CCCC2=O)c1)N1CCOc2ccc(CN3CCCC[C@@H]3CO)cc2C1. The zero-order valence-corrected chi connectivity index (χ0v) is 19.6. The number of carbonyl (C=O) groups is 2. The van der Waals surface area contributed by atoms with Crippen molar-refractivity contribution in [1.82, 2.24) is 9.80 Å². The Morgan fingerprint density at radius 3 is 2.79 bits per heavy atom. The predicted octanol–water partition coefficient (Wildman–Crippen LogP) is 3.20. The van der Waals surface area contributed by atoms with Gasteiger partial charge in [0.15, 0.2) is 0 Å². The van der Waals surface area contributed by atoms with Crippen LogP contribution >= 0.6 is 0 Å². The summed E-state index contributed by atoms with van der Waals surface area (Å²) in [5.41, 5.74) is 3.57. The average Bonchev–Trinajstić information content (AvgIpc) is 3.18. The number of aliphatic hydroxyl groups excluding tert-OH is 1. The van der Waals surface area contributed by atoms with E-state index in [1.54, 1.807) is 4.90 Å². The van der Waals surface area contributed by atoms with E-state index < -0.39 is 0 Å². The van der Waals surface area contributed by atoms with E-state index in [9.17, 15) is 14.7 Å². The van der Waals surface area contributed by atoms with Crippen LogP contribution in [0.15, 0.2) is 42.5 Å². The Hall–Kier alpha value is -2.90. The van der Waals surface area contributed by atoms with Gasteiger partial charge in [0.05, 0.1) is 13.2 Å². The first-order valence-electron chi connectivity index (χ1n) is 12.4. The van der Waals surface area contributed by atoms with E-state index in [4.69, 9.17) is 4.74 Å². The fraction of sp³-hybridized carbons (Fsp3) is 0.481. The molecule has 1 N–H and O–H groups in total. The second-order valence-electron chi connectivity index (χ2n) is 9.52. The van der Waals surface area contributed by atoms with Crippen molar-refractivity contribution in [2.45, 2.75) is 51.2 Å². The number of benzene rings is 2. The van der Waals surface area contributed by atoms with Gasteiger partial charge >= 0.3 is 0 Å². The van der Waals surface area contributed by atoms with Crippen LogP contribution < -0.4 is 9.64 Å². The topological polar surface area (TPSA) is 73.3 Å². The third kappa shape index (κ3) is 4.81. The van der Waals surface area contributed by atoms with E-state index in [-0.39, 0.29) is 24.5 Å². The van der Waals surface area contributed by atoms with E-state index in [1.165, 1.54) is 12.0 Å². The van der Waals surface area contributed by atoms with E-state index in [2.05, 4.69) is 17.0 Å². The number of carbonyl (C=O) groups excluding carboxylic acids is 2. The largest absolute Gasteiger partial charge is 0.491 e. The Morgan fingerprint density at radius 2 is 1.97 bits per heavy atom. The molecule has 3 heterocycles. The first-order chi connectivity index (χ1) is 16.6. The summed E-state index contributed by atoms with van der Waals surface area (Å²) in [4.78, 5) is 31.5.